The number of non-ortho nitro benzene ring substituents is 1. The molecule has 3 rings (SSSR count). The van der Waals surface area contributed by atoms with Crippen LogP contribution in [0.2, 0.25) is 0 Å². The zero-order valence-electron chi connectivity index (χ0n) is 8.91. The Balaban J connectivity index is 2.36. The van der Waals surface area contributed by atoms with Crippen LogP contribution in [0.3, 0.4) is 0 Å². The number of nitro groups is 1. The summed E-state index contributed by atoms with van der Waals surface area (Å²) in [5.74, 6) is 0. The monoisotopic (exact) mass is 225 g/mol. The topological polar surface area (TPSA) is 47.2 Å². The summed E-state index contributed by atoms with van der Waals surface area (Å²) >= 11 is 0. The maximum atomic E-state index is 10.7. The molecule has 0 aliphatic heterocycles. The third-order valence-electron chi connectivity index (χ3n) is 2.79. The van der Waals surface area contributed by atoms with Gasteiger partial charge in [0.25, 0.3) is 5.69 Å². The van der Waals surface area contributed by atoms with E-state index in [0.29, 0.717) is 0 Å². The maximum absolute atomic E-state index is 10.7. The molecule has 0 amide bonds. The third kappa shape index (κ3) is 1.59. The Labute approximate surface area is 96.9 Å². The number of nitrogens with zero attached hydrogens (tertiary/aromatic N) is 2. The molecule has 82 valence electrons. The second-order valence-corrected chi connectivity index (χ2v) is 3.88. The molecule has 0 saturated heterocycles. The number of hydrogen-bond acceptors (Lipinski definition) is 2. The van der Waals surface area contributed by atoms with Crippen molar-refractivity contribution in [3.05, 3.63) is 65.0 Å². The van der Waals surface area contributed by atoms with Crippen LogP contribution in [0.1, 0.15) is 0 Å². The number of fused-ring (bicyclic) bond motifs is 2. The molecule has 0 unspecified atom stereocenters. The van der Waals surface area contributed by atoms with Gasteiger partial charge in [-0.2, -0.15) is 4.40 Å². The Hall–Kier alpha value is -2.49. The molecular weight excluding hydrogens is 216 g/mol. The van der Waals surface area contributed by atoms with Crippen molar-refractivity contribution in [2.45, 2.75) is 0 Å². The second-order valence-electron chi connectivity index (χ2n) is 3.88. The summed E-state index contributed by atoms with van der Waals surface area (Å²) in [6.45, 7) is 0. The fraction of sp³-hybridized carbons (Fsp3) is 0. The molecule has 17 heavy (non-hydrogen) atoms. The number of benzene rings is 1. The number of pyridine rings is 2. The summed E-state index contributed by atoms with van der Waals surface area (Å²) in [6.07, 6.45) is 3.92. The average molecular weight is 225 g/mol. The maximum Gasteiger partial charge on any atom is 0.270 e. The molecular formula is C13H9N2O2+. The van der Waals surface area contributed by atoms with Crippen LogP contribution in [0, 0.1) is 10.1 Å². The lowest BCUT2D eigenvalue weighted by Gasteiger charge is -1.97. The zero-order valence-corrected chi connectivity index (χ0v) is 8.91. The molecule has 4 heteroatoms. The Morgan fingerprint density at radius 3 is 2.76 bits per heavy atom. The van der Waals surface area contributed by atoms with Gasteiger partial charge in [-0.15, -0.1) is 0 Å². The SMILES string of the molecule is O=[N+]([O-])c1ccc2c[n+]3ccccc3cc2c1. The summed E-state index contributed by atoms with van der Waals surface area (Å²) in [4.78, 5) is 10.3. The van der Waals surface area contributed by atoms with Gasteiger partial charge >= 0.3 is 0 Å². The molecule has 0 saturated carbocycles. The molecule has 0 fully saturated rings. The molecule has 2 heterocycles. The van der Waals surface area contributed by atoms with E-state index in [1.54, 1.807) is 12.1 Å². The van der Waals surface area contributed by atoms with Gasteiger partial charge < -0.3 is 0 Å². The number of aromatic nitrogens is 1. The summed E-state index contributed by atoms with van der Waals surface area (Å²) in [5, 5.41) is 12.6. The average Bonchev–Trinajstić information content (AvgIpc) is 2.35. The lowest BCUT2D eigenvalue weighted by molar-refractivity contribution is -0.510. The molecule has 0 aliphatic rings. The normalized spacial score (nSPS) is 10.8. The molecule has 1 aromatic carbocycles. The Morgan fingerprint density at radius 2 is 1.94 bits per heavy atom. The van der Waals surface area contributed by atoms with Crippen molar-refractivity contribution in [2.24, 2.45) is 0 Å². The van der Waals surface area contributed by atoms with E-state index in [1.807, 2.05) is 41.1 Å². The largest absolute Gasteiger partial charge is 0.270 e. The summed E-state index contributed by atoms with van der Waals surface area (Å²) in [6, 6.07) is 12.7. The first-order valence-corrected chi connectivity index (χ1v) is 5.22. The highest BCUT2D eigenvalue weighted by Crippen LogP contribution is 2.20. The van der Waals surface area contributed by atoms with Gasteiger partial charge in [0.05, 0.1) is 4.92 Å². The van der Waals surface area contributed by atoms with Crippen molar-refractivity contribution in [1.82, 2.24) is 0 Å². The van der Waals surface area contributed by atoms with Gasteiger partial charge in [0, 0.05) is 41.1 Å². The van der Waals surface area contributed by atoms with Crippen LogP contribution >= 0.6 is 0 Å². The summed E-state index contributed by atoms with van der Waals surface area (Å²) in [7, 11) is 0. The Bertz CT molecular complexity index is 738. The lowest BCUT2D eigenvalue weighted by Crippen LogP contribution is -2.19. The van der Waals surface area contributed by atoms with Crippen LogP contribution in [-0.4, -0.2) is 4.92 Å². The van der Waals surface area contributed by atoms with E-state index < -0.39 is 0 Å². The molecule has 0 aliphatic carbocycles. The lowest BCUT2D eigenvalue weighted by atomic mass is 10.1. The predicted molar refractivity (Wildman–Crippen MR) is 63.8 cm³/mol. The van der Waals surface area contributed by atoms with E-state index in [2.05, 4.69) is 0 Å². The van der Waals surface area contributed by atoms with Gasteiger partial charge in [-0.3, -0.25) is 10.1 Å². The van der Waals surface area contributed by atoms with Crippen LogP contribution < -0.4 is 4.40 Å². The predicted octanol–water partition coefficient (Wildman–Crippen LogP) is 2.49. The van der Waals surface area contributed by atoms with Crippen molar-refractivity contribution in [2.75, 3.05) is 0 Å². The minimum absolute atomic E-state index is 0.123. The molecule has 0 atom stereocenters. The van der Waals surface area contributed by atoms with Crippen molar-refractivity contribution >= 4 is 22.0 Å². The number of nitro benzene ring substituents is 1. The van der Waals surface area contributed by atoms with Gasteiger partial charge in [0.15, 0.2) is 12.4 Å². The van der Waals surface area contributed by atoms with Crippen molar-refractivity contribution in [3.8, 4) is 0 Å². The summed E-state index contributed by atoms with van der Waals surface area (Å²) < 4.78 is 1.99. The van der Waals surface area contributed by atoms with Crippen LogP contribution in [0.25, 0.3) is 16.3 Å². The van der Waals surface area contributed by atoms with E-state index in [9.17, 15) is 10.1 Å². The van der Waals surface area contributed by atoms with Gasteiger partial charge in [-0.05, 0) is 12.1 Å². The van der Waals surface area contributed by atoms with Gasteiger partial charge in [0.2, 0.25) is 5.52 Å². The van der Waals surface area contributed by atoms with Crippen LogP contribution in [0.4, 0.5) is 5.69 Å². The molecule has 4 nitrogen and oxygen atoms in total. The Morgan fingerprint density at radius 1 is 1.06 bits per heavy atom. The van der Waals surface area contributed by atoms with E-state index in [4.69, 9.17) is 0 Å². The highest BCUT2D eigenvalue weighted by molar-refractivity contribution is 5.85. The molecule has 3 aromatic rings. The first kappa shape index (κ1) is 9.72. The second kappa shape index (κ2) is 3.52. The fourth-order valence-corrected chi connectivity index (χ4v) is 1.94. The van der Waals surface area contributed by atoms with Gasteiger partial charge in [-0.1, -0.05) is 0 Å². The quantitative estimate of drug-likeness (QED) is 0.276. The minimum Gasteiger partial charge on any atom is -0.258 e. The molecule has 0 N–H and O–H groups in total. The first-order valence-electron chi connectivity index (χ1n) is 5.22. The molecule has 2 aromatic heterocycles. The highest BCUT2D eigenvalue weighted by Gasteiger charge is 2.09. The van der Waals surface area contributed by atoms with Crippen molar-refractivity contribution in [1.29, 1.82) is 0 Å². The molecule has 0 bridgehead atoms. The highest BCUT2D eigenvalue weighted by atomic mass is 16.6. The van der Waals surface area contributed by atoms with E-state index in [-0.39, 0.29) is 10.6 Å². The van der Waals surface area contributed by atoms with Crippen molar-refractivity contribution < 1.29 is 9.32 Å². The van der Waals surface area contributed by atoms with Gasteiger partial charge in [0.1, 0.15) is 0 Å². The van der Waals surface area contributed by atoms with Crippen LogP contribution in [0.15, 0.2) is 54.9 Å². The standard InChI is InChI=1S/C13H9N2O2/c16-15(17)13-5-4-10-9-14-6-2-1-3-12(14)7-11(10)8-13/h1-9H/q+1. The zero-order chi connectivity index (χ0) is 11.8. The van der Waals surface area contributed by atoms with Crippen LogP contribution in [-0.2, 0) is 0 Å². The molecule has 0 radical (unpaired) electrons. The number of hydrogen-bond donors (Lipinski definition) is 0. The number of rotatable bonds is 1. The Kier molecular flexibility index (Phi) is 2.01. The summed E-state index contributed by atoms with van der Waals surface area (Å²) in [5.41, 5.74) is 1.14. The third-order valence-corrected chi connectivity index (χ3v) is 2.79. The van der Waals surface area contributed by atoms with E-state index >= 15 is 0 Å². The molecule has 0 spiro atoms. The van der Waals surface area contributed by atoms with Crippen molar-refractivity contribution in [3.63, 3.8) is 0 Å². The van der Waals surface area contributed by atoms with E-state index in [0.717, 1.165) is 16.3 Å². The first-order chi connectivity index (χ1) is 8.24. The van der Waals surface area contributed by atoms with E-state index in [1.165, 1.54) is 6.07 Å². The van der Waals surface area contributed by atoms with Crippen LogP contribution in [0.5, 0.6) is 0 Å². The smallest absolute Gasteiger partial charge is 0.258 e. The fourth-order valence-electron chi connectivity index (χ4n) is 1.94. The van der Waals surface area contributed by atoms with Gasteiger partial charge in [-0.25, -0.2) is 0 Å². The minimum atomic E-state index is -0.373.